The maximum Gasteiger partial charge on any atom is 0.195 e. The summed E-state index contributed by atoms with van der Waals surface area (Å²) in [5.74, 6) is 1.86. The van der Waals surface area contributed by atoms with E-state index < -0.39 is 0 Å². The Labute approximate surface area is 76.8 Å². The molecule has 0 atom stereocenters. The van der Waals surface area contributed by atoms with Gasteiger partial charge in [0.25, 0.3) is 0 Å². The van der Waals surface area contributed by atoms with Crippen LogP contribution in [0, 0.1) is 17.6 Å². The molecule has 1 aliphatic carbocycles. The Morgan fingerprint density at radius 3 is 2.67 bits per heavy atom. The van der Waals surface area contributed by atoms with Crippen LogP contribution in [0.4, 0.5) is 0 Å². The largest absolute Gasteiger partial charge is 0.301 e. The Kier molecular flexibility index (Phi) is 1.79. The lowest BCUT2D eigenvalue weighted by molar-refractivity contribution is 0.211. The Hall–Kier alpha value is -0.640. The van der Waals surface area contributed by atoms with E-state index in [0.29, 0.717) is 6.04 Å². The monoisotopic (exact) mass is 183 g/mol. The van der Waals surface area contributed by atoms with E-state index >= 15 is 0 Å². The van der Waals surface area contributed by atoms with Gasteiger partial charge >= 0.3 is 0 Å². The van der Waals surface area contributed by atoms with Crippen molar-refractivity contribution in [1.29, 1.82) is 0 Å². The highest BCUT2D eigenvalue weighted by Crippen LogP contribution is 2.37. The third-order valence-corrected chi connectivity index (χ3v) is 2.88. The maximum absolute atomic E-state index is 5.13. The molecule has 12 heavy (non-hydrogen) atoms. The highest BCUT2D eigenvalue weighted by molar-refractivity contribution is 7.71. The second kappa shape index (κ2) is 2.69. The fourth-order valence-corrected chi connectivity index (χ4v) is 2.21. The molecule has 66 valence electrons. The van der Waals surface area contributed by atoms with Crippen LogP contribution in [0.15, 0.2) is 0 Å². The summed E-state index contributed by atoms with van der Waals surface area (Å²) in [7, 11) is 0. The van der Waals surface area contributed by atoms with Gasteiger partial charge in [0, 0.05) is 6.04 Å². The minimum Gasteiger partial charge on any atom is -0.301 e. The summed E-state index contributed by atoms with van der Waals surface area (Å²) in [6, 6.07) is 0.603. The van der Waals surface area contributed by atoms with Gasteiger partial charge in [-0.05, 0) is 37.9 Å². The Morgan fingerprint density at radius 1 is 1.58 bits per heavy atom. The topological polar surface area (TPSA) is 33.6 Å². The van der Waals surface area contributed by atoms with Crippen molar-refractivity contribution in [3.63, 3.8) is 0 Å². The smallest absolute Gasteiger partial charge is 0.195 e. The first-order valence-corrected chi connectivity index (χ1v) is 4.73. The minimum absolute atomic E-state index is 0.603. The van der Waals surface area contributed by atoms with Crippen molar-refractivity contribution in [2.24, 2.45) is 5.92 Å². The molecule has 3 nitrogen and oxygen atoms in total. The van der Waals surface area contributed by atoms with Gasteiger partial charge < -0.3 is 4.57 Å². The number of aryl methyl sites for hydroxylation is 1. The summed E-state index contributed by atoms with van der Waals surface area (Å²) in [5.41, 5.74) is 0. The molecule has 0 bridgehead atoms. The van der Waals surface area contributed by atoms with E-state index in [1.54, 1.807) is 0 Å². The number of nitrogens with one attached hydrogen (secondary N) is 1. The molecule has 0 amide bonds. The van der Waals surface area contributed by atoms with Crippen molar-refractivity contribution in [3.8, 4) is 0 Å². The highest BCUT2D eigenvalue weighted by Gasteiger charge is 2.28. The lowest BCUT2D eigenvalue weighted by atomic mass is 9.82. The van der Waals surface area contributed by atoms with E-state index in [1.807, 2.05) is 6.92 Å². The summed E-state index contributed by atoms with van der Waals surface area (Å²) in [6.45, 7) is 4.27. The Balaban J connectivity index is 2.28. The average Bonchev–Trinajstić information content (AvgIpc) is 2.26. The Bertz CT molecular complexity index is 332. The van der Waals surface area contributed by atoms with Crippen molar-refractivity contribution < 1.29 is 0 Å². The lowest BCUT2D eigenvalue weighted by Gasteiger charge is -2.33. The van der Waals surface area contributed by atoms with E-state index in [4.69, 9.17) is 12.2 Å². The summed E-state index contributed by atoms with van der Waals surface area (Å²) in [6.07, 6.45) is 2.49. The molecule has 1 saturated carbocycles. The maximum atomic E-state index is 5.13. The SMILES string of the molecule is Cc1n[nH]c(=S)n1C1CC(C)C1. The molecule has 4 heteroatoms. The normalized spacial score (nSPS) is 28.5. The quantitative estimate of drug-likeness (QED) is 0.677. The van der Waals surface area contributed by atoms with E-state index in [2.05, 4.69) is 21.7 Å². The second-order valence-corrected chi connectivity index (χ2v) is 4.06. The first kappa shape index (κ1) is 7.98. The van der Waals surface area contributed by atoms with Crippen molar-refractivity contribution >= 4 is 12.2 Å². The van der Waals surface area contributed by atoms with Crippen molar-refractivity contribution in [3.05, 3.63) is 10.6 Å². The molecule has 1 aromatic rings. The number of aromatic amines is 1. The number of H-pyrrole nitrogens is 1. The molecule has 0 aromatic carbocycles. The standard InChI is InChI=1S/C8H13N3S/c1-5-3-7(4-5)11-6(2)9-10-8(11)12/h5,7H,3-4H2,1-2H3,(H,10,12). The zero-order valence-corrected chi connectivity index (χ0v) is 8.19. The molecule has 0 unspecified atom stereocenters. The Morgan fingerprint density at radius 2 is 2.25 bits per heavy atom. The minimum atomic E-state index is 0.603. The first-order chi connectivity index (χ1) is 5.68. The molecule has 1 aliphatic rings. The van der Waals surface area contributed by atoms with Gasteiger partial charge in [-0.3, -0.25) is 5.10 Å². The second-order valence-electron chi connectivity index (χ2n) is 3.68. The predicted octanol–water partition coefficient (Wildman–Crippen LogP) is 2.22. The zero-order chi connectivity index (χ0) is 8.72. The van der Waals surface area contributed by atoms with E-state index in [-0.39, 0.29) is 0 Å². The van der Waals surface area contributed by atoms with Gasteiger partial charge in [0.15, 0.2) is 4.77 Å². The number of nitrogens with zero attached hydrogens (tertiary/aromatic N) is 2. The van der Waals surface area contributed by atoms with Crippen LogP contribution in [0.25, 0.3) is 0 Å². The van der Waals surface area contributed by atoms with E-state index in [9.17, 15) is 0 Å². The van der Waals surface area contributed by atoms with Crippen LogP contribution in [0.2, 0.25) is 0 Å². The fourth-order valence-electron chi connectivity index (χ4n) is 1.88. The van der Waals surface area contributed by atoms with E-state index in [0.717, 1.165) is 16.5 Å². The average molecular weight is 183 g/mol. The molecule has 0 spiro atoms. The third-order valence-electron chi connectivity index (χ3n) is 2.59. The van der Waals surface area contributed by atoms with Crippen molar-refractivity contribution in [2.75, 3.05) is 0 Å². The molecular weight excluding hydrogens is 170 g/mol. The zero-order valence-electron chi connectivity index (χ0n) is 7.37. The fraction of sp³-hybridized carbons (Fsp3) is 0.750. The first-order valence-electron chi connectivity index (χ1n) is 4.32. The van der Waals surface area contributed by atoms with Gasteiger partial charge in [0.2, 0.25) is 0 Å². The highest BCUT2D eigenvalue weighted by atomic mass is 32.1. The molecule has 0 aliphatic heterocycles. The predicted molar refractivity (Wildman–Crippen MR) is 49.6 cm³/mol. The van der Waals surface area contributed by atoms with Crippen molar-refractivity contribution in [2.45, 2.75) is 32.7 Å². The molecule has 1 aromatic heterocycles. The third kappa shape index (κ3) is 1.10. The van der Waals surface area contributed by atoms with Crippen molar-refractivity contribution in [1.82, 2.24) is 14.8 Å². The van der Waals surface area contributed by atoms with Crippen LogP contribution >= 0.6 is 12.2 Å². The van der Waals surface area contributed by atoms with Crippen LogP contribution in [-0.2, 0) is 0 Å². The number of hydrogen-bond acceptors (Lipinski definition) is 2. The lowest BCUT2D eigenvalue weighted by Crippen LogP contribution is -2.25. The van der Waals surface area contributed by atoms with Gasteiger partial charge in [-0.1, -0.05) is 6.92 Å². The molecule has 0 radical (unpaired) electrons. The molecule has 1 N–H and O–H groups in total. The van der Waals surface area contributed by atoms with Gasteiger partial charge in [-0.25, -0.2) is 0 Å². The summed E-state index contributed by atoms with van der Waals surface area (Å²) < 4.78 is 2.90. The van der Waals surface area contributed by atoms with Crippen LogP contribution in [0.5, 0.6) is 0 Å². The molecule has 0 saturated heterocycles. The number of hydrogen-bond donors (Lipinski definition) is 1. The molecule has 2 rings (SSSR count). The molecule has 1 heterocycles. The number of aromatic nitrogens is 3. The summed E-state index contributed by atoms with van der Waals surface area (Å²) in [4.78, 5) is 0. The molecular formula is C8H13N3S. The van der Waals surface area contributed by atoms with Crippen LogP contribution in [-0.4, -0.2) is 14.8 Å². The summed E-state index contributed by atoms with van der Waals surface area (Å²) >= 11 is 5.13. The number of rotatable bonds is 1. The summed E-state index contributed by atoms with van der Waals surface area (Å²) in [5, 5.41) is 6.91. The van der Waals surface area contributed by atoms with Gasteiger partial charge in [0.05, 0.1) is 0 Å². The van der Waals surface area contributed by atoms with E-state index in [1.165, 1.54) is 12.8 Å². The van der Waals surface area contributed by atoms with Gasteiger partial charge in [-0.2, -0.15) is 5.10 Å². The van der Waals surface area contributed by atoms with Crippen LogP contribution in [0.1, 0.15) is 31.6 Å². The van der Waals surface area contributed by atoms with Gasteiger partial charge in [-0.15, -0.1) is 0 Å². The van der Waals surface area contributed by atoms with Crippen LogP contribution < -0.4 is 0 Å². The van der Waals surface area contributed by atoms with Crippen LogP contribution in [0.3, 0.4) is 0 Å². The van der Waals surface area contributed by atoms with Gasteiger partial charge in [0.1, 0.15) is 5.82 Å². The molecule has 1 fully saturated rings.